The summed E-state index contributed by atoms with van der Waals surface area (Å²) in [6.45, 7) is 3.02. The van der Waals surface area contributed by atoms with E-state index in [0.29, 0.717) is 5.76 Å². The third-order valence-electron chi connectivity index (χ3n) is 4.68. The van der Waals surface area contributed by atoms with Crippen molar-refractivity contribution in [3.63, 3.8) is 0 Å². The van der Waals surface area contributed by atoms with E-state index in [9.17, 15) is 4.79 Å². The van der Waals surface area contributed by atoms with Crippen LogP contribution in [0.5, 0.6) is 0 Å². The first kappa shape index (κ1) is 17.1. The molecule has 4 rings (SSSR count). The minimum Gasteiger partial charge on any atom is -0.459 e. The Morgan fingerprint density at radius 2 is 1.85 bits per heavy atom. The predicted molar refractivity (Wildman–Crippen MR) is 106 cm³/mol. The number of imidazole rings is 1. The van der Waals surface area contributed by atoms with Crippen LogP contribution in [0, 0.1) is 0 Å². The van der Waals surface area contributed by atoms with E-state index in [1.807, 2.05) is 42.5 Å². The van der Waals surface area contributed by atoms with Gasteiger partial charge in [0.15, 0.2) is 5.76 Å². The highest BCUT2D eigenvalue weighted by atomic mass is 16.3. The minimum absolute atomic E-state index is 0.242. The SMILES string of the molecule is CCn1c(CCc2ccccc2NC(=O)c2ccco2)nc2ccccc21. The molecule has 136 valence electrons. The Bertz CT molecular complexity index is 1060. The van der Waals surface area contributed by atoms with Gasteiger partial charge in [0.05, 0.1) is 17.3 Å². The van der Waals surface area contributed by atoms with E-state index in [2.05, 4.69) is 22.9 Å². The highest BCUT2D eigenvalue weighted by Gasteiger charge is 2.13. The van der Waals surface area contributed by atoms with Crippen molar-refractivity contribution in [1.29, 1.82) is 0 Å². The van der Waals surface area contributed by atoms with Crippen molar-refractivity contribution in [3.05, 3.63) is 84.1 Å². The van der Waals surface area contributed by atoms with Gasteiger partial charge in [0.1, 0.15) is 5.82 Å². The fraction of sp³-hybridized carbons (Fsp3) is 0.182. The Balaban J connectivity index is 1.55. The normalized spacial score (nSPS) is 11.0. The standard InChI is InChI=1S/C22H21N3O2/c1-2-25-19-11-6-5-10-18(19)23-21(25)14-13-16-8-3-4-9-17(16)24-22(26)20-12-7-15-27-20/h3-12,15H,2,13-14H2,1H3,(H,24,26). The lowest BCUT2D eigenvalue weighted by atomic mass is 10.1. The van der Waals surface area contributed by atoms with Crippen molar-refractivity contribution in [3.8, 4) is 0 Å². The molecule has 0 spiro atoms. The van der Waals surface area contributed by atoms with Crippen LogP contribution in [0.15, 0.2) is 71.3 Å². The lowest BCUT2D eigenvalue weighted by molar-refractivity contribution is 0.0996. The zero-order valence-corrected chi connectivity index (χ0v) is 15.2. The van der Waals surface area contributed by atoms with Crippen LogP contribution in [-0.2, 0) is 19.4 Å². The summed E-state index contributed by atoms with van der Waals surface area (Å²) < 4.78 is 7.42. The molecule has 0 fully saturated rings. The lowest BCUT2D eigenvalue weighted by Crippen LogP contribution is -2.13. The van der Waals surface area contributed by atoms with Crippen LogP contribution in [-0.4, -0.2) is 15.5 Å². The highest BCUT2D eigenvalue weighted by Crippen LogP contribution is 2.21. The number of carbonyl (C=O) groups is 1. The molecule has 4 aromatic rings. The fourth-order valence-electron chi connectivity index (χ4n) is 3.37. The smallest absolute Gasteiger partial charge is 0.291 e. The maximum Gasteiger partial charge on any atom is 0.291 e. The first-order valence-corrected chi connectivity index (χ1v) is 9.13. The number of rotatable bonds is 6. The van der Waals surface area contributed by atoms with Crippen molar-refractivity contribution in [2.75, 3.05) is 5.32 Å². The van der Waals surface area contributed by atoms with Gasteiger partial charge in [0.25, 0.3) is 5.91 Å². The fourth-order valence-corrected chi connectivity index (χ4v) is 3.37. The van der Waals surface area contributed by atoms with Crippen LogP contribution >= 0.6 is 0 Å². The van der Waals surface area contributed by atoms with Gasteiger partial charge < -0.3 is 14.3 Å². The minimum atomic E-state index is -0.242. The van der Waals surface area contributed by atoms with Gasteiger partial charge in [-0.1, -0.05) is 30.3 Å². The summed E-state index contributed by atoms with van der Waals surface area (Å²) in [5, 5.41) is 2.94. The van der Waals surface area contributed by atoms with Gasteiger partial charge in [-0.25, -0.2) is 4.98 Å². The molecular formula is C22H21N3O2. The molecule has 0 aliphatic heterocycles. The molecule has 0 bridgehead atoms. The summed E-state index contributed by atoms with van der Waals surface area (Å²) in [5.74, 6) is 1.12. The molecule has 1 N–H and O–H groups in total. The molecule has 2 aromatic heterocycles. The number of para-hydroxylation sites is 3. The van der Waals surface area contributed by atoms with Crippen molar-refractivity contribution in [2.45, 2.75) is 26.3 Å². The van der Waals surface area contributed by atoms with Crippen molar-refractivity contribution in [1.82, 2.24) is 9.55 Å². The number of nitrogens with one attached hydrogen (secondary N) is 1. The Hall–Kier alpha value is -3.34. The zero-order chi connectivity index (χ0) is 18.6. The Labute approximate surface area is 157 Å². The van der Waals surface area contributed by atoms with E-state index >= 15 is 0 Å². The number of benzene rings is 2. The summed E-state index contributed by atoms with van der Waals surface area (Å²) in [4.78, 5) is 17.1. The van der Waals surface area contributed by atoms with Crippen LogP contribution in [0.4, 0.5) is 5.69 Å². The average Bonchev–Trinajstić information content (AvgIpc) is 3.35. The molecule has 0 saturated carbocycles. The molecule has 5 nitrogen and oxygen atoms in total. The van der Waals surface area contributed by atoms with Gasteiger partial charge in [0.2, 0.25) is 0 Å². The van der Waals surface area contributed by atoms with E-state index in [1.165, 1.54) is 6.26 Å². The molecule has 0 saturated heterocycles. The van der Waals surface area contributed by atoms with Gasteiger partial charge in [0, 0.05) is 18.7 Å². The number of aromatic nitrogens is 2. The number of aryl methyl sites for hydroxylation is 3. The molecule has 0 atom stereocenters. The molecule has 1 amide bonds. The van der Waals surface area contributed by atoms with Gasteiger partial charge in [-0.15, -0.1) is 0 Å². The van der Waals surface area contributed by atoms with Crippen molar-refractivity contribution < 1.29 is 9.21 Å². The van der Waals surface area contributed by atoms with E-state index in [1.54, 1.807) is 12.1 Å². The number of nitrogens with zero attached hydrogens (tertiary/aromatic N) is 2. The second kappa shape index (κ2) is 7.50. The first-order chi connectivity index (χ1) is 13.3. The van der Waals surface area contributed by atoms with Crippen molar-refractivity contribution >= 4 is 22.6 Å². The number of furan rings is 1. The molecular weight excluding hydrogens is 338 g/mol. The van der Waals surface area contributed by atoms with E-state index in [-0.39, 0.29) is 5.91 Å². The Morgan fingerprint density at radius 3 is 2.67 bits per heavy atom. The number of fused-ring (bicyclic) bond motifs is 1. The molecule has 0 radical (unpaired) electrons. The molecule has 27 heavy (non-hydrogen) atoms. The monoisotopic (exact) mass is 359 g/mol. The van der Waals surface area contributed by atoms with Gasteiger partial charge in [-0.2, -0.15) is 0 Å². The average molecular weight is 359 g/mol. The summed E-state index contributed by atoms with van der Waals surface area (Å²) in [5.41, 5.74) is 4.06. The van der Waals surface area contributed by atoms with Gasteiger partial charge in [-0.3, -0.25) is 4.79 Å². The third kappa shape index (κ3) is 3.49. The molecule has 2 aromatic carbocycles. The van der Waals surface area contributed by atoms with E-state index in [0.717, 1.165) is 47.5 Å². The third-order valence-corrected chi connectivity index (χ3v) is 4.68. The van der Waals surface area contributed by atoms with Crippen LogP contribution < -0.4 is 5.32 Å². The predicted octanol–water partition coefficient (Wildman–Crippen LogP) is 4.69. The summed E-state index contributed by atoms with van der Waals surface area (Å²) >= 11 is 0. The molecule has 2 heterocycles. The van der Waals surface area contributed by atoms with Crippen LogP contribution in [0.3, 0.4) is 0 Å². The van der Waals surface area contributed by atoms with E-state index < -0.39 is 0 Å². The number of carbonyl (C=O) groups excluding carboxylic acids is 1. The first-order valence-electron chi connectivity index (χ1n) is 9.13. The number of anilines is 1. The second-order valence-electron chi connectivity index (χ2n) is 6.35. The zero-order valence-electron chi connectivity index (χ0n) is 15.2. The summed E-state index contributed by atoms with van der Waals surface area (Å²) in [6, 6.07) is 19.4. The van der Waals surface area contributed by atoms with Gasteiger partial charge in [-0.05, 0) is 49.2 Å². The topological polar surface area (TPSA) is 60.1 Å². The van der Waals surface area contributed by atoms with Gasteiger partial charge >= 0.3 is 0 Å². The number of amides is 1. The van der Waals surface area contributed by atoms with Crippen molar-refractivity contribution in [2.24, 2.45) is 0 Å². The Morgan fingerprint density at radius 1 is 1.04 bits per heavy atom. The van der Waals surface area contributed by atoms with Crippen LogP contribution in [0.25, 0.3) is 11.0 Å². The lowest BCUT2D eigenvalue weighted by Gasteiger charge is -2.11. The number of hydrogen-bond donors (Lipinski definition) is 1. The maximum atomic E-state index is 12.3. The molecule has 0 aliphatic carbocycles. The molecule has 0 aliphatic rings. The quantitative estimate of drug-likeness (QED) is 0.543. The summed E-state index contributed by atoms with van der Waals surface area (Å²) in [7, 11) is 0. The molecule has 5 heteroatoms. The highest BCUT2D eigenvalue weighted by molar-refractivity contribution is 6.02. The van der Waals surface area contributed by atoms with Crippen LogP contribution in [0.2, 0.25) is 0 Å². The second-order valence-corrected chi connectivity index (χ2v) is 6.35. The largest absolute Gasteiger partial charge is 0.459 e. The van der Waals surface area contributed by atoms with Crippen LogP contribution in [0.1, 0.15) is 28.9 Å². The molecule has 0 unspecified atom stereocenters. The maximum absolute atomic E-state index is 12.3. The van der Waals surface area contributed by atoms with E-state index in [4.69, 9.17) is 9.40 Å². The number of hydrogen-bond acceptors (Lipinski definition) is 3. The Kier molecular flexibility index (Phi) is 4.75. The summed E-state index contributed by atoms with van der Waals surface area (Å²) in [6.07, 6.45) is 3.09.